The third kappa shape index (κ3) is 2.46. The van der Waals surface area contributed by atoms with E-state index in [1.54, 1.807) is 0 Å². The number of rotatable bonds is 2. The van der Waals surface area contributed by atoms with Crippen LogP contribution >= 0.6 is 0 Å². The van der Waals surface area contributed by atoms with Gasteiger partial charge in [0.1, 0.15) is 5.69 Å². The second kappa shape index (κ2) is 4.44. The number of likely N-dealkylation sites (N-methyl/N-ethyl adjacent to an activating group) is 1. The van der Waals surface area contributed by atoms with Crippen LogP contribution in [0, 0.1) is 0 Å². The largest absolute Gasteiger partial charge is 0.347 e. The lowest BCUT2D eigenvalue weighted by Gasteiger charge is -2.11. The summed E-state index contributed by atoms with van der Waals surface area (Å²) in [5, 5.41) is 8.79. The number of nitrogens with one attached hydrogen (secondary N) is 2. The topological polar surface area (TPSA) is 78.1 Å². The van der Waals surface area contributed by atoms with Crippen molar-refractivity contribution in [3.05, 3.63) is 28.2 Å². The molecule has 0 spiro atoms. The normalized spacial score (nSPS) is 20.9. The van der Waals surface area contributed by atoms with Crippen molar-refractivity contribution >= 4 is 5.91 Å². The molecule has 6 heteroatoms. The van der Waals surface area contributed by atoms with Crippen LogP contribution in [0.25, 0.3) is 0 Å². The van der Waals surface area contributed by atoms with Gasteiger partial charge in [-0.15, -0.1) is 0 Å². The summed E-state index contributed by atoms with van der Waals surface area (Å²) >= 11 is 0. The maximum absolute atomic E-state index is 11.7. The highest BCUT2D eigenvalue weighted by Crippen LogP contribution is 2.06. The predicted molar refractivity (Wildman–Crippen MR) is 58.2 cm³/mol. The number of H-pyrrole nitrogens is 1. The van der Waals surface area contributed by atoms with Gasteiger partial charge < -0.3 is 10.2 Å². The molecule has 2 N–H and O–H groups in total. The highest BCUT2D eigenvalue weighted by molar-refractivity contribution is 5.92. The van der Waals surface area contributed by atoms with Crippen LogP contribution in [0.5, 0.6) is 0 Å². The van der Waals surface area contributed by atoms with Crippen LogP contribution in [0.15, 0.2) is 16.9 Å². The Kier molecular flexibility index (Phi) is 3.00. The molecule has 2 heterocycles. The molecule has 1 aliphatic heterocycles. The smallest absolute Gasteiger partial charge is 0.271 e. The standard InChI is InChI=1S/C10H14N4O2/c1-14-5-4-7(6-14)11-10(16)8-2-3-9(15)13-12-8/h2-3,7H,4-6H2,1H3,(H,11,16)(H,13,15). The molecule has 0 aliphatic carbocycles. The number of carbonyl (C=O) groups is 1. The van der Waals surface area contributed by atoms with Gasteiger partial charge in [-0.2, -0.15) is 5.10 Å². The Morgan fingerprint density at radius 1 is 1.62 bits per heavy atom. The molecule has 1 amide bonds. The van der Waals surface area contributed by atoms with E-state index in [1.165, 1.54) is 12.1 Å². The van der Waals surface area contributed by atoms with Gasteiger partial charge in [0.25, 0.3) is 11.5 Å². The van der Waals surface area contributed by atoms with Crippen LogP contribution < -0.4 is 10.9 Å². The van der Waals surface area contributed by atoms with Crippen molar-refractivity contribution in [1.29, 1.82) is 0 Å². The third-order valence-electron chi connectivity index (χ3n) is 2.64. The number of hydrogen-bond acceptors (Lipinski definition) is 4. The minimum Gasteiger partial charge on any atom is -0.347 e. The summed E-state index contributed by atoms with van der Waals surface area (Å²) < 4.78 is 0. The zero-order valence-electron chi connectivity index (χ0n) is 9.06. The van der Waals surface area contributed by atoms with Crippen LogP contribution in [-0.4, -0.2) is 47.2 Å². The van der Waals surface area contributed by atoms with Crippen LogP contribution in [-0.2, 0) is 0 Å². The first kappa shape index (κ1) is 10.8. The Morgan fingerprint density at radius 2 is 2.44 bits per heavy atom. The molecule has 1 unspecified atom stereocenters. The number of nitrogens with zero attached hydrogens (tertiary/aromatic N) is 2. The molecule has 2 rings (SSSR count). The molecule has 16 heavy (non-hydrogen) atoms. The lowest BCUT2D eigenvalue weighted by atomic mass is 10.2. The number of amides is 1. The van der Waals surface area contributed by atoms with Gasteiger partial charge in [-0.3, -0.25) is 9.59 Å². The van der Waals surface area contributed by atoms with Gasteiger partial charge >= 0.3 is 0 Å². The van der Waals surface area contributed by atoms with E-state index in [1.807, 2.05) is 7.05 Å². The van der Waals surface area contributed by atoms with E-state index < -0.39 is 0 Å². The molecule has 6 nitrogen and oxygen atoms in total. The minimum absolute atomic E-state index is 0.172. The van der Waals surface area contributed by atoms with Gasteiger partial charge in [0.05, 0.1) is 0 Å². The molecule has 86 valence electrons. The molecule has 1 aliphatic rings. The van der Waals surface area contributed by atoms with Crippen molar-refractivity contribution in [3.8, 4) is 0 Å². The maximum Gasteiger partial charge on any atom is 0.271 e. The number of likely N-dealkylation sites (tertiary alicyclic amines) is 1. The molecule has 0 radical (unpaired) electrons. The van der Waals surface area contributed by atoms with Gasteiger partial charge in [0.2, 0.25) is 0 Å². The first-order valence-corrected chi connectivity index (χ1v) is 5.20. The Morgan fingerprint density at radius 3 is 3.00 bits per heavy atom. The van der Waals surface area contributed by atoms with E-state index in [0.717, 1.165) is 19.5 Å². The Hall–Kier alpha value is -1.69. The zero-order valence-corrected chi connectivity index (χ0v) is 9.06. The summed E-state index contributed by atoms with van der Waals surface area (Å²) in [5.41, 5.74) is -0.0636. The number of aromatic amines is 1. The molecule has 0 aromatic carbocycles. The van der Waals surface area contributed by atoms with Crippen molar-refractivity contribution in [1.82, 2.24) is 20.4 Å². The molecule has 1 atom stereocenters. The lowest BCUT2D eigenvalue weighted by molar-refractivity contribution is 0.0932. The highest BCUT2D eigenvalue weighted by atomic mass is 16.2. The van der Waals surface area contributed by atoms with E-state index in [-0.39, 0.29) is 23.2 Å². The van der Waals surface area contributed by atoms with E-state index in [4.69, 9.17) is 0 Å². The van der Waals surface area contributed by atoms with Gasteiger partial charge in [0, 0.05) is 18.7 Å². The summed E-state index contributed by atoms with van der Waals surface area (Å²) in [7, 11) is 2.02. The average Bonchev–Trinajstić information content (AvgIpc) is 2.65. The number of aromatic nitrogens is 2. The predicted octanol–water partition coefficient (Wildman–Crippen LogP) is -0.796. The Bertz CT molecular complexity index is 422. The summed E-state index contributed by atoms with van der Waals surface area (Å²) in [6.45, 7) is 1.85. The average molecular weight is 222 g/mol. The highest BCUT2D eigenvalue weighted by Gasteiger charge is 2.21. The fourth-order valence-electron chi connectivity index (χ4n) is 1.78. The van der Waals surface area contributed by atoms with E-state index in [9.17, 15) is 9.59 Å². The number of hydrogen-bond donors (Lipinski definition) is 2. The van der Waals surface area contributed by atoms with Crippen molar-refractivity contribution in [3.63, 3.8) is 0 Å². The van der Waals surface area contributed by atoms with Crippen LogP contribution in [0.4, 0.5) is 0 Å². The molecular weight excluding hydrogens is 208 g/mol. The van der Waals surface area contributed by atoms with Crippen LogP contribution in [0.3, 0.4) is 0 Å². The lowest BCUT2D eigenvalue weighted by Crippen LogP contribution is -2.37. The third-order valence-corrected chi connectivity index (χ3v) is 2.64. The molecule has 1 saturated heterocycles. The van der Waals surface area contributed by atoms with Crippen LogP contribution in [0.2, 0.25) is 0 Å². The quantitative estimate of drug-likeness (QED) is 0.687. The minimum atomic E-state index is -0.308. The Labute approximate surface area is 92.7 Å². The molecule has 1 fully saturated rings. The van der Waals surface area contributed by atoms with E-state index >= 15 is 0 Å². The fraction of sp³-hybridized carbons (Fsp3) is 0.500. The van der Waals surface area contributed by atoms with Crippen LogP contribution in [0.1, 0.15) is 16.9 Å². The Balaban J connectivity index is 1.98. The summed E-state index contributed by atoms with van der Waals surface area (Å²) in [5.74, 6) is -0.239. The number of carbonyl (C=O) groups excluding carboxylic acids is 1. The van der Waals surface area contributed by atoms with Crippen molar-refractivity contribution in [2.45, 2.75) is 12.5 Å². The second-order valence-electron chi connectivity index (χ2n) is 4.03. The van der Waals surface area contributed by atoms with Crippen molar-refractivity contribution in [2.75, 3.05) is 20.1 Å². The molecule has 0 bridgehead atoms. The second-order valence-corrected chi connectivity index (χ2v) is 4.03. The zero-order chi connectivity index (χ0) is 11.5. The van der Waals surface area contributed by atoms with E-state index in [2.05, 4.69) is 20.4 Å². The van der Waals surface area contributed by atoms with Gasteiger partial charge in [-0.1, -0.05) is 0 Å². The van der Waals surface area contributed by atoms with Gasteiger partial charge in [-0.25, -0.2) is 5.10 Å². The SMILES string of the molecule is CN1CCC(NC(=O)c2ccc(=O)[nH]n2)C1. The van der Waals surface area contributed by atoms with Crippen molar-refractivity contribution in [2.24, 2.45) is 0 Å². The molecule has 0 saturated carbocycles. The van der Waals surface area contributed by atoms with Gasteiger partial charge in [0.15, 0.2) is 0 Å². The first-order valence-electron chi connectivity index (χ1n) is 5.20. The maximum atomic E-state index is 11.7. The summed E-state index contributed by atoms with van der Waals surface area (Å²) in [6.07, 6.45) is 0.950. The molecular formula is C10H14N4O2. The van der Waals surface area contributed by atoms with Crippen molar-refractivity contribution < 1.29 is 4.79 Å². The fourth-order valence-corrected chi connectivity index (χ4v) is 1.78. The van der Waals surface area contributed by atoms with Gasteiger partial charge in [-0.05, 0) is 26.1 Å². The summed E-state index contributed by atoms with van der Waals surface area (Å²) in [4.78, 5) is 24.6. The molecule has 1 aromatic rings. The first-order chi connectivity index (χ1) is 7.65. The summed E-state index contributed by atoms with van der Waals surface area (Å²) in [6, 6.07) is 2.89. The van der Waals surface area contributed by atoms with E-state index in [0.29, 0.717) is 0 Å². The monoisotopic (exact) mass is 222 g/mol. The molecule has 1 aromatic heterocycles.